The maximum absolute atomic E-state index is 12.3. The van der Waals surface area contributed by atoms with Crippen molar-refractivity contribution in [2.24, 2.45) is 5.92 Å². The zero-order valence-corrected chi connectivity index (χ0v) is 16.7. The van der Waals surface area contributed by atoms with Crippen LogP contribution in [0.3, 0.4) is 0 Å². The minimum atomic E-state index is 0.0253. The molecule has 152 valence electrons. The van der Waals surface area contributed by atoms with Crippen molar-refractivity contribution in [2.45, 2.75) is 19.8 Å². The van der Waals surface area contributed by atoms with Crippen LogP contribution in [0.4, 0.5) is 5.82 Å². The van der Waals surface area contributed by atoms with Crippen LogP contribution >= 0.6 is 0 Å². The number of carbonyl (C=O) groups excluding carboxylic acids is 1. The quantitative estimate of drug-likeness (QED) is 0.469. The number of nitrogens with zero attached hydrogens (tertiary/aromatic N) is 6. The van der Waals surface area contributed by atoms with Crippen molar-refractivity contribution in [2.75, 3.05) is 5.32 Å². The fraction of sp³-hybridized carbons (Fsp3) is 0.182. The topological polar surface area (TPSA) is 114 Å². The van der Waals surface area contributed by atoms with Crippen LogP contribution in [0, 0.1) is 12.8 Å². The fourth-order valence-electron chi connectivity index (χ4n) is 3.69. The van der Waals surface area contributed by atoms with Crippen molar-refractivity contribution in [3.8, 4) is 17.3 Å². The fourth-order valence-corrected chi connectivity index (χ4v) is 3.69. The number of nitrogens with one attached hydrogen (secondary N) is 2. The summed E-state index contributed by atoms with van der Waals surface area (Å²) in [5.41, 5.74) is 3.72. The lowest BCUT2D eigenvalue weighted by atomic mass is 10.3. The van der Waals surface area contributed by atoms with Gasteiger partial charge < -0.3 is 10.3 Å². The molecular weight excluding hydrogens is 392 g/mol. The van der Waals surface area contributed by atoms with Crippen LogP contribution in [-0.4, -0.2) is 40.4 Å². The Morgan fingerprint density at radius 1 is 1.13 bits per heavy atom. The average molecular weight is 410 g/mol. The Bertz CT molecular complexity index is 1460. The molecule has 2 N–H and O–H groups in total. The van der Waals surface area contributed by atoms with Gasteiger partial charge in [-0.15, -0.1) is 0 Å². The number of hydrogen-bond donors (Lipinski definition) is 2. The van der Waals surface area contributed by atoms with Crippen molar-refractivity contribution in [1.29, 1.82) is 0 Å². The highest BCUT2D eigenvalue weighted by Crippen LogP contribution is 2.32. The second kappa shape index (κ2) is 6.69. The third-order valence-electron chi connectivity index (χ3n) is 5.41. The van der Waals surface area contributed by atoms with Gasteiger partial charge in [-0.2, -0.15) is 0 Å². The summed E-state index contributed by atoms with van der Waals surface area (Å²) in [5.74, 6) is 1.83. The molecule has 0 bridgehead atoms. The Balaban J connectivity index is 1.52. The van der Waals surface area contributed by atoms with E-state index in [0.29, 0.717) is 34.3 Å². The van der Waals surface area contributed by atoms with E-state index < -0.39 is 0 Å². The van der Waals surface area contributed by atoms with E-state index in [-0.39, 0.29) is 11.8 Å². The highest BCUT2D eigenvalue weighted by Gasteiger charge is 2.30. The summed E-state index contributed by atoms with van der Waals surface area (Å²) in [6.07, 6.45) is 7.08. The normalized spacial score (nSPS) is 13.7. The first-order valence-corrected chi connectivity index (χ1v) is 10.1. The first-order valence-electron chi connectivity index (χ1n) is 10.1. The van der Waals surface area contributed by atoms with Gasteiger partial charge in [0.1, 0.15) is 11.5 Å². The van der Waals surface area contributed by atoms with Crippen LogP contribution in [0.25, 0.3) is 39.4 Å². The molecule has 0 atom stereocenters. The molecular formula is C22H18N8O. The number of carbonyl (C=O) groups is 1. The molecule has 31 heavy (non-hydrogen) atoms. The van der Waals surface area contributed by atoms with Crippen molar-refractivity contribution in [3.63, 3.8) is 0 Å². The molecule has 1 fully saturated rings. The van der Waals surface area contributed by atoms with Gasteiger partial charge in [0.15, 0.2) is 22.8 Å². The van der Waals surface area contributed by atoms with E-state index >= 15 is 0 Å². The van der Waals surface area contributed by atoms with Crippen LogP contribution in [0.5, 0.6) is 0 Å². The predicted octanol–water partition coefficient (Wildman–Crippen LogP) is 3.41. The number of H-pyrrole nitrogens is 1. The van der Waals surface area contributed by atoms with Crippen LogP contribution in [-0.2, 0) is 4.79 Å². The van der Waals surface area contributed by atoms with E-state index in [1.807, 2.05) is 48.0 Å². The van der Waals surface area contributed by atoms with Gasteiger partial charge >= 0.3 is 0 Å². The number of fused-ring (bicyclic) bond motifs is 2. The lowest BCUT2D eigenvalue weighted by Gasteiger charge is -2.09. The van der Waals surface area contributed by atoms with Gasteiger partial charge in [0.05, 0.1) is 11.8 Å². The minimum absolute atomic E-state index is 0.0253. The number of pyridine rings is 2. The SMILES string of the molecule is Cc1cccc(-c2nc(-n3ccc4c(NC(=O)C5CC5)nccc43)c3nc[nH]c3n2)n1. The van der Waals surface area contributed by atoms with Crippen molar-refractivity contribution >= 4 is 33.8 Å². The predicted molar refractivity (Wildman–Crippen MR) is 116 cm³/mol. The number of aromatic amines is 1. The van der Waals surface area contributed by atoms with Gasteiger partial charge in [-0.1, -0.05) is 6.07 Å². The standard InChI is InChI=1S/C22H18N8O/c1-12-3-2-4-15(26-12)19-27-20-17(24-11-25-20)21(28-19)30-10-8-14-16(30)7-9-23-18(14)29-22(31)13-5-6-13/h2-4,7-11,13H,5-6H2,1H3,(H,23,29,31)(H,24,25,27,28). The van der Waals surface area contributed by atoms with Crippen molar-refractivity contribution < 1.29 is 4.79 Å². The Kier molecular flexibility index (Phi) is 3.82. The van der Waals surface area contributed by atoms with Crippen LogP contribution in [0.1, 0.15) is 18.5 Å². The summed E-state index contributed by atoms with van der Waals surface area (Å²) in [7, 11) is 0. The van der Waals surface area contributed by atoms with E-state index in [1.165, 1.54) is 0 Å². The Morgan fingerprint density at radius 3 is 2.87 bits per heavy atom. The van der Waals surface area contributed by atoms with Crippen LogP contribution in [0.15, 0.2) is 49.1 Å². The summed E-state index contributed by atoms with van der Waals surface area (Å²) in [6, 6.07) is 9.58. The monoisotopic (exact) mass is 410 g/mol. The first-order chi connectivity index (χ1) is 15.2. The second-order valence-electron chi connectivity index (χ2n) is 7.68. The van der Waals surface area contributed by atoms with E-state index in [2.05, 4.69) is 30.2 Å². The molecule has 5 aromatic heterocycles. The summed E-state index contributed by atoms with van der Waals surface area (Å²) in [5, 5.41) is 3.80. The Labute approximate surface area is 176 Å². The molecule has 0 aliphatic heterocycles. The van der Waals surface area contributed by atoms with Crippen LogP contribution in [0.2, 0.25) is 0 Å². The molecule has 5 heterocycles. The zero-order chi connectivity index (χ0) is 20.9. The highest BCUT2D eigenvalue weighted by atomic mass is 16.2. The minimum Gasteiger partial charge on any atom is -0.329 e. The third kappa shape index (κ3) is 3.02. The number of amides is 1. The van der Waals surface area contributed by atoms with E-state index in [9.17, 15) is 4.79 Å². The smallest absolute Gasteiger partial charge is 0.228 e. The van der Waals surface area contributed by atoms with E-state index in [1.54, 1.807) is 12.5 Å². The summed E-state index contributed by atoms with van der Waals surface area (Å²) in [6.45, 7) is 1.93. The number of aromatic nitrogens is 7. The molecule has 1 amide bonds. The van der Waals surface area contributed by atoms with Crippen molar-refractivity contribution in [3.05, 3.63) is 54.7 Å². The number of rotatable bonds is 4. The number of hydrogen-bond acceptors (Lipinski definition) is 6. The molecule has 1 aliphatic carbocycles. The Hall–Kier alpha value is -4.14. The maximum Gasteiger partial charge on any atom is 0.228 e. The van der Waals surface area contributed by atoms with Gasteiger partial charge in [-0.25, -0.2) is 24.9 Å². The molecule has 0 aromatic carbocycles. The molecule has 0 spiro atoms. The molecule has 1 saturated carbocycles. The van der Waals surface area contributed by atoms with Gasteiger partial charge in [0, 0.05) is 29.4 Å². The van der Waals surface area contributed by atoms with Gasteiger partial charge in [0.2, 0.25) is 5.91 Å². The molecule has 9 nitrogen and oxygen atoms in total. The zero-order valence-electron chi connectivity index (χ0n) is 16.7. The van der Waals surface area contributed by atoms with Gasteiger partial charge in [-0.3, -0.25) is 9.36 Å². The molecule has 0 unspecified atom stereocenters. The average Bonchev–Trinajstić information content (AvgIpc) is 3.36. The molecule has 0 radical (unpaired) electrons. The summed E-state index contributed by atoms with van der Waals surface area (Å²) in [4.78, 5) is 38.1. The van der Waals surface area contributed by atoms with E-state index in [0.717, 1.165) is 29.4 Å². The molecule has 5 aromatic rings. The molecule has 6 rings (SSSR count). The largest absolute Gasteiger partial charge is 0.329 e. The lowest BCUT2D eigenvalue weighted by molar-refractivity contribution is -0.117. The Morgan fingerprint density at radius 2 is 2.03 bits per heavy atom. The summed E-state index contributed by atoms with van der Waals surface area (Å²) >= 11 is 0. The van der Waals surface area contributed by atoms with Gasteiger partial charge in [0.25, 0.3) is 0 Å². The first kappa shape index (κ1) is 17.7. The third-order valence-corrected chi connectivity index (χ3v) is 5.41. The highest BCUT2D eigenvalue weighted by molar-refractivity contribution is 6.02. The van der Waals surface area contributed by atoms with Gasteiger partial charge in [-0.05, 0) is 44.0 Å². The van der Waals surface area contributed by atoms with E-state index in [4.69, 9.17) is 4.98 Å². The molecule has 0 saturated heterocycles. The van der Waals surface area contributed by atoms with Crippen LogP contribution < -0.4 is 5.32 Å². The molecule has 1 aliphatic rings. The lowest BCUT2D eigenvalue weighted by Crippen LogP contribution is -2.14. The van der Waals surface area contributed by atoms with Crippen molar-refractivity contribution in [1.82, 2.24) is 34.5 Å². The summed E-state index contributed by atoms with van der Waals surface area (Å²) < 4.78 is 1.94. The maximum atomic E-state index is 12.3. The second-order valence-corrected chi connectivity index (χ2v) is 7.68. The number of anilines is 1. The molecule has 9 heteroatoms. The number of aryl methyl sites for hydroxylation is 1. The number of imidazole rings is 1.